The fourth-order valence-electron chi connectivity index (χ4n) is 1.36. The molecule has 2 aromatic heterocycles. The number of anilines is 1. The lowest BCUT2D eigenvalue weighted by molar-refractivity contribution is 0.637. The van der Waals surface area contributed by atoms with Crippen molar-refractivity contribution in [2.75, 3.05) is 11.9 Å². The summed E-state index contributed by atoms with van der Waals surface area (Å²) < 4.78 is 1.88. The molecule has 0 aliphatic carbocycles. The fraction of sp³-hybridized carbons (Fsp3) is 0.364. The van der Waals surface area contributed by atoms with E-state index in [0.29, 0.717) is 0 Å². The largest absolute Gasteiger partial charge is 0.367 e. The summed E-state index contributed by atoms with van der Waals surface area (Å²) in [6.07, 6.45) is 5.47. The van der Waals surface area contributed by atoms with Gasteiger partial charge in [-0.15, -0.1) is 0 Å². The topological polar surface area (TPSA) is 55.6 Å². The molecule has 16 heavy (non-hydrogen) atoms. The average molecular weight is 217 g/mol. The van der Waals surface area contributed by atoms with Gasteiger partial charge in [-0.25, -0.2) is 4.98 Å². The van der Waals surface area contributed by atoms with Crippen LogP contribution in [0.25, 0.3) is 0 Å². The maximum Gasteiger partial charge on any atom is 0.144 e. The molecule has 0 atom stereocenters. The van der Waals surface area contributed by atoms with E-state index in [1.807, 2.05) is 30.8 Å². The highest BCUT2D eigenvalue weighted by atomic mass is 15.3. The first-order valence-corrected chi connectivity index (χ1v) is 5.27. The third kappa shape index (κ3) is 2.56. The molecular formula is C11H15N5. The molecule has 5 nitrogen and oxygen atoms in total. The molecule has 0 aliphatic heterocycles. The molecule has 0 saturated heterocycles. The number of nitrogens with zero attached hydrogens (tertiary/aromatic N) is 4. The van der Waals surface area contributed by atoms with E-state index in [4.69, 9.17) is 0 Å². The first kappa shape index (κ1) is 10.6. The molecule has 0 amide bonds. The van der Waals surface area contributed by atoms with Gasteiger partial charge in [0.1, 0.15) is 5.82 Å². The minimum absolute atomic E-state index is 0.791. The molecule has 2 aromatic rings. The van der Waals surface area contributed by atoms with E-state index in [0.717, 1.165) is 30.3 Å². The summed E-state index contributed by atoms with van der Waals surface area (Å²) in [7, 11) is 0. The van der Waals surface area contributed by atoms with Crippen LogP contribution in [0.4, 0.5) is 5.82 Å². The minimum Gasteiger partial charge on any atom is -0.367 e. The van der Waals surface area contributed by atoms with E-state index in [9.17, 15) is 0 Å². The number of hydrogen-bond donors (Lipinski definition) is 1. The van der Waals surface area contributed by atoms with Crippen LogP contribution in [0.1, 0.15) is 11.4 Å². The zero-order chi connectivity index (χ0) is 11.4. The van der Waals surface area contributed by atoms with Gasteiger partial charge in [0.15, 0.2) is 0 Å². The molecule has 0 spiro atoms. The number of nitrogens with one attached hydrogen (secondary N) is 1. The maximum absolute atomic E-state index is 4.39. The molecule has 0 saturated carbocycles. The monoisotopic (exact) mass is 217 g/mol. The van der Waals surface area contributed by atoms with Crippen LogP contribution in [0, 0.1) is 13.8 Å². The zero-order valence-electron chi connectivity index (χ0n) is 9.51. The quantitative estimate of drug-likeness (QED) is 0.841. The molecule has 0 fully saturated rings. The molecule has 0 unspecified atom stereocenters. The van der Waals surface area contributed by atoms with Crippen LogP contribution in [-0.2, 0) is 6.54 Å². The molecule has 2 rings (SSSR count). The first-order valence-electron chi connectivity index (χ1n) is 5.27. The van der Waals surface area contributed by atoms with Crippen molar-refractivity contribution < 1.29 is 0 Å². The van der Waals surface area contributed by atoms with E-state index in [2.05, 4.69) is 20.4 Å². The zero-order valence-corrected chi connectivity index (χ0v) is 9.51. The Morgan fingerprint density at radius 1 is 1.31 bits per heavy atom. The SMILES string of the molecule is Cc1ncc(NCCn2cccn2)nc1C. The predicted molar refractivity (Wildman–Crippen MR) is 62.2 cm³/mol. The van der Waals surface area contributed by atoms with E-state index < -0.39 is 0 Å². The highest BCUT2D eigenvalue weighted by Crippen LogP contribution is 2.04. The minimum atomic E-state index is 0.791. The van der Waals surface area contributed by atoms with Gasteiger partial charge in [-0.3, -0.25) is 9.67 Å². The van der Waals surface area contributed by atoms with Gasteiger partial charge in [0.2, 0.25) is 0 Å². The molecule has 2 heterocycles. The van der Waals surface area contributed by atoms with Gasteiger partial charge in [-0.1, -0.05) is 0 Å². The standard InChI is InChI=1S/C11H15N5/c1-9-10(2)15-11(8-13-9)12-5-7-16-6-3-4-14-16/h3-4,6,8H,5,7H2,1-2H3,(H,12,15). The Hall–Kier alpha value is -1.91. The van der Waals surface area contributed by atoms with Crippen molar-refractivity contribution >= 4 is 5.82 Å². The molecule has 0 radical (unpaired) electrons. The smallest absolute Gasteiger partial charge is 0.144 e. The van der Waals surface area contributed by atoms with Crippen LogP contribution < -0.4 is 5.32 Å². The van der Waals surface area contributed by atoms with Crippen LogP contribution in [0.15, 0.2) is 24.7 Å². The molecule has 0 aliphatic rings. The predicted octanol–water partition coefficient (Wildman–Crippen LogP) is 1.40. The summed E-state index contributed by atoms with van der Waals surface area (Å²) in [5, 5.41) is 7.34. The van der Waals surface area contributed by atoms with Crippen molar-refractivity contribution in [3.05, 3.63) is 36.0 Å². The fourth-order valence-corrected chi connectivity index (χ4v) is 1.36. The summed E-state index contributed by atoms with van der Waals surface area (Å²) in [5.41, 5.74) is 1.93. The van der Waals surface area contributed by atoms with Crippen molar-refractivity contribution in [3.63, 3.8) is 0 Å². The lowest BCUT2D eigenvalue weighted by atomic mass is 10.3. The Morgan fingerprint density at radius 2 is 2.19 bits per heavy atom. The molecule has 0 bridgehead atoms. The van der Waals surface area contributed by atoms with Crippen molar-refractivity contribution in [1.82, 2.24) is 19.7 Å². The summed E-state index contributed by atoms with van der Waals surface area (Å²) in [5.74, 6) is 0.815. The van der Waals surface area contributed by atoms with Crippen LogP contribution in [0.5, 0.6) is 0 Å². The summed E-state index contributed by atoms with van der Waals surface area (Å²) in [6.45, 7) is 5.53. The second-order valence-electron chi connectivity index (χ2n) is 3.62. The van der Waals surface area contributed by atoms with Gasteiger partial charge in [-0.05, 0) is 19.9 Å². The van der Waals surface area contributed by atoms with Gasteiger partial charge >= 0.3 is 0 Å². The highest BCUT2D eigenvalue weighted by molar-refractivity contribution is 5.32. The Bertz CT molecular complexity index is 449. The van der Waals surface area contributed by atoms with Gasteiger partial charge in [0.05, 0.1) is 24.1 Å². The van der Waals surface area contributed by atoms with Crippen molar-refractivity contribution in [1.29, 1.82) is 0 Å². The maximum atomic E-state index is 4.39. The van der Waals surface area contributed by atoms with E-state index in [-0.39, 0.29) is 0 Å². The number of rotatable bonds is 4. The number of aromatic nitrogens is 4. The number of hydrogen-bond acceptors (Lipinski definition) is 4. The van der Waals surface area contributed by atoms with Crippen molar-refractivity contribution in [2.24, 2.45) is 0 Å². The second kappa shape index (κ2) is 4.74. The average Bonchev–Trinajstić information content (AvgIpc) is 2.76. The van der Waals surface area contributed by atoms with Crippen molar-refractivity contribution in [2.45, 2.75) is 20.4 Å². The van der Waals surface area contributed by atoms with Gasteiger partial charge in [0, 0.05) is 18.9 Å². The highest BCUT2D eigenvalue weighted by Gasteiger charge is 1.98. The molecule has 0 aromatic carbocycles. The van der Waals surface area contributed by atoms with E-state index >= 15 is 0 Å². The Labute approximate surface area is 94.5 Å². The summed E-state index contributed by atoms with van der Waals surface area (Å²) in [4.78, 5) is 8.64. The molecule has 1 N–H and O–H groups in total. The van der Waals surface area contributed by atoms with Crippen LogP contribution >= 0.6 is 0 Å². The molecule has 84 valence electrons. The van der Waals surface area contributed by atoms with Crippen LogP contribution in [-0.4, -0.2) is 26.3 Å². The van der Waals surface area contributed by atoms with Crippen molar-refractivity contribution in [3.8, 4) is 0 Å². The normalized spacial score (nSPS) is 10.4. The molecular weight excluding hydrogens is 202 g/mol. The lowest BCUT2D eigenvalue weighted by Crippen LogP contribution is -2.12. The number of aryl methyl sites for hydroxylation is 2. The van der Waals surface area contributed by atoms with Gasteiger partial charge < -0.3 is 5.32 Å². The third-order valence-electron chi connectivity index (χ3n) is 2.40. The molecule has 5 heteroatoms. The summed E-state index contributed by atoms with van der Waals surface area (Å²) >= 11 is 0. The Balaban J connectivity index is 1.87. The third-order valence-corrected chi connectivity index (χ3v) is 2.40. The van der Waals surface area contributed by atoms with Crippen LogP contribution in [0.3, 0.4) is 0 Å². The Kier molecular flexibility index (Phi) is 3.14. The van der Waals surface area contributed by atoms with Gasteiger partial charge in [0.25, 0.3) is 0 Å². The van der Waals surface area contributed by atoms with Gasteiger partial charge in [-0.2, -0.15) is 5.10 Å². The van der Waals surface area contributed by atoms with E-state index in [1.54, 1.807) is 12.4 Å². The van der Waals surface area contributed by atoms with Crippen LogP contribution in [0.2, 0.25) is 0 Å². The first-order chi connectivity index (χ1) is 7.75. The van der Waals surface area contributed by atoms with E-state index in [1.165, 1.54) is 0 Å². The lowest BCUT2D eigenvalue weighted by Gasteiger charge is -2.06. The Morgan fingerprint density at radius 3 is 2.88 bits per heavy atom. The second-order valence-corrected chi connectivity index (χ2v) is 3.62. The summed E-state index contributed by atoms with van der Waals surface area (Å²) in [6, 6.07) is 1.91.